The van der Waals surface area contributed by atoms with Crippen molar-refractivity contribution in [1.29, 1.82) is 0 Å². The number of benzene rings is 1. The molecule has 154 valence electrons. The minimum Gasteiger partial charge on any atom is -0.491 e. The Bertz CT molecular complexity index is 1120. The Hall–Kier alpha value is -3.37. The second kappa shape index (κ2) is 7.57. The Morgan fingerprint density at radius 2 is 1.93 bits per heavy atom. The lowest BCUT2D eigenvalue weighted by molar-refractivity contribution is -0.141. The Balaban J connectivity index is 2.01. The molecule has 0 radical (unpaired) electrons. The number of hydrogen-bond acceptors (Lipinski definition) is 5. The van der Waals surface area contributed by atoms with Crippen molar-refractivity contribution in [3.05, 3.63) is 46.4 Å². The third-order valence-corrected chi connectivity index (χ3v) is 3.85. The monoisotopic (exact) mass is 409 g/mol. The van der Waals surface area contributed by atoms with Crippen LogP contribution >= 0.6 is 0 Å². The zero-order valence-corrected chi connectivity index (χ0v) is 15.8. The van der Waals surface area contributed by atoms with Crippen molar-refractivity contribution in [1.82, 2.24) is 19.6 Å². The van der Waals surface area contributed by atoms with Crippen molar-refractivity contribution in [3.63, 3.8) is 0 Å². The second-order valence-electron chi connectivity index (χ2n) is 6.60. The maximum absolute atomic E-state index is 13.0. The predicted molar refractivity (Wildman–Crippen MR) is 99.0 cm³/mol. The van der Waals surface area contributed by atoms with Gasteiger partial charge in [-0.25, -0.2) is 4.68 Å². The summed E-state index contributed by atoms with van der Waals surface area (Å²) in [6, 6.07) is 6.94. The molecular weight excluding hydrogens is 391 g/mol. The van der Waals surface area contributed by atoms with Gasteiger partial charge in [0, 0.05) is 24.6 Å². The Morgan fingerprint density at radius 1 is 1.21 bits per heavy atom. The summed E-state index contributed by atoms with van der Waals surface area (Å²) in [5.41, 5.74) is -0.325. The maximum atomic E-state index is 13.0. The zero-order chi connectivity index (χ0) is 21.3. The number of hydrogen-bond donors (Lipinski definition) is 1. The van der Waals surface area contributed by atoms with Crippen LogP contribution < -0.4 is 15.6 Å². The van der Waals surface area contributed by atoms with Gasteiger partial charge in [0.25, 0.3) is 11.5 Å². The van der Waals surface area contributed by atoms with Gasteiger partial charge in [0.05, 0.1) is 11.6 Å². The molecule has 0 unspecified atom stereocenters. The van der Waals surface area contributed by atoms with Crippen molar-refractivity contribution >= 4 is 22.6 Å². The van der Waals surface area contributed by atoms with E-state index in [1.165, 1.54) is 25.2 Å². The number of nitrogens with one attached hydrogen (secondary N) is 1. The summed E-state index contributed by atoms with van der Waals surface area (Å²) in [6.07, 6.45) is -4.67. The molecule has 2 aromatic heterocycles. The summed E-state index contributed by atoms with van der Waals surface area (Å²) in [5.74, 6) is -0.379. The van der Waals surface area contributed by atoms with Crippen molar-refractivity contribution in [2.75, 3.05) is 5.32 Å². The third-order valence-electron chi connectivity index (χ3n) is 3.85. The molecule has 3 aromatic rings. The van der Waals surface area contributed by atoms with Crippen LogP contribution in [0.25, 0.3) is 10.9 Å². The lowest BCUT2D eigenvalue weighted by atomic mass is 10.2. The fraction of sp³-hybridized carbons (Fsp3) is 0.333. The van der Waals surface area contributed by atoms with Gasteiger partial charge in [-0.1, -0.05) is 0 Å². The van der Waals surface area contributed by atoms with Crippen LogP contribution in [0.15, 0.2) is 35.1 Å². The summed E-state index contributed by atoms with van der Waals surface area (Å²) in [4.78, 5) is 23.8. The molecule has 0 saturated carbocycles. The van der Waals surface area contributed by atoms with E-state index in [1.54, 1.807) is 19.9 Å². The van der Waals surface area contributed by atoms with Gasteiger partial charge in [0.15, 0.2) is 5.82 Å². The normalized spacial score (nSPS) is 11.8. The molecule has 0 saturated heterocycles. The first kappa shape index (κ1) is 20.4. The molecule has 11 heteroatoms. The molecule has 1 aromatic carbocycles. The van der Waals surface area contributed by atoms with Gasteiger partial charge in [-0.15, -0.1) is 0 Å². The quantitative estimate of drug-likeness (QED) is 0.700. The molecule has 0 spiro atoms. The van der Waals surface area contributed by atoms with E-state index in [-0.39, 0.29) is 23.1 Å². The van der Waals surface area contributed by atoms with E-state index >= 15 is 0 Å². The molecular formula is C18H18F3N5O3. The van der Waals surface area contributed by atoms with E-state index < -0.39 is 24.2 Å². The lowest BCUT2D eigenvalue weighted by Crippen LogP contribution is -2.24. The Labute approximate surface area is 162 Å². The van der Waals surface area contributed by atoms with Crippen LogP contribution in [0.3, 0.4) is 0 Å². The van der Waals surface area contributed by atoms with Crippen LogP contribution in [0.1, 0.15) is 24.3 Å². The second-order valence-corrected chi connectivity index (χ2v) is 6.60. The fourth-order valence-electron chi connectivity index (χ4n) is 2.68. The van der Waals surface area contributed by atoms with E-state index in [4.69, 9.17) is 4.74 Å². The van der Waals surface area contributed by atoms with Crippen molar-refractivity contribution in [3.8, 4) is 5.75 Å². The Morgan fingerprint density at radius 3 is 2.55 bits per heavy atom. The van der Waals surface area contributed by atoms with Crippen LogP contribution in [0, 0.1) is 0 Å². The van der Waals surface area contributed by atoms with Gasteiger partial charge in [0.1, 0.15) is 18.0 Å². The SMILES string of the molecule is CC(C)Oc1ccc2c(NC(=O)c3ccc(=O)n(C)n3)nn(CC(F)(F)F)c2c1. The summed E-state index contributed by atoms with van der Waals surface area (Å²) < 4.78 is 46.2. The van der Waals surface area contributed by atoms with E-state index in [0.717, 1.165) is 15.4 Å². The van der Waals surface area contributed by atoms with Gasteiger partial charge in [0.2, 0.25) is 0 Å². The van der Waals surface area contributed by atoms with E-state index in [2.05, 4.69) is 15.5 Å². The number of ether oxygens (including phenoxy) is 1. The number of aryl methyl sites for hydroxylation is 1. The van der Waals surface area contributed by atoms with E-state index in [0.29, 0.717) is 11.1 Å². The van der Waals surface area contributed by atoms with Gasteiger partial charge in [-0.2, -0.15) is 23.4 Å². The molecule has 0 atom stereocenters. The van der Waals surface area contributed by atoms with Gasteiger partial charge < -0.3 is 10.1 Å². The minimum absolute atomic E-state index is 0.0546. The number of alkyl halides is 3. The molecule has 3 rings (SSSR count). The Kier molecular flexibility index (Phi) is 5.31. The van der Waals surface area contributed by atoms with Crippen LogP contribution in [-0.2, 0) is 13.6 Å². The average molecular weight is 409 g/mol. The number of anilines is 1. The molecule has 1 amide bonds. The number of amides is 1. The number of nitrogens with zero attached hydrogens (tertiary/aromatic N) is 4. The molecule has 0 aliphatic heterocycles. The number of carbonyl (C=O) groups excluding carboxylic acids is 1. The molecule has 2 heterocycles. The predicted octanol–water partition coefficient (Wildman–Crippen LogP) is 2.73. The molecule has 0 fully saturated rings. The molecule has 0 aliphatic carbocycles. The van der Waals surface area contributed by atoms with Crippen LogP contribution in [0.5, 0.6) is 5.75 Å². The summed E-state index contributed by atoms with van der Waals surface area (Å²) >= 11 is 0. The van der Waals surface area contributed by atoms with Gasteiger partial charge >= 0.3 is 6.18 Å². The van der Waals surface area contributed by atoms with Crippen molar-refractivity contribution < 1.29 is 22.7 Å². The molecule has 8 nitrogen and oxygen atoms in total. The average Bonchev–Trinajstić information content (AvgIpc) is 2.92. The highest BCUT2D eigenvalue weighted by atomic mass is 19.4. The first-order chi connectivity index (χ1) is 13.5. The summed E-state index contributed by atoms with van der Waals surface area (Å²) in [5, 5.41) is 10.5. The topological polar surface area (TPSA) is 91.0 Å². The van der Waals surface area contributed by atoms with Crippen molar-refractivity contribution in [2.24, 2.45) is 7.05 Å². The maximum Gasteiger partial charge on any atom is 0.408 e. The first-order valence-corrected chi connectivity index (χ1v) is 8.63. The number of rotatable bonds is 5. The van der Waals surface area contributed by atoms with Gasteiger partial charge in [-0.3, -0.25) is 14.3 Å². The molecule has 1 N–H and O–H groups in total. The number of carbonyl (C=O) groups is 1. The zero-order valence-electron chi connectivity index (χ0n) is 15.8. The molecule has 0 aliphatic rings. The van der Waals surface area contributed by atoms with Crippen LogP contribution in [0.4, 0.5) is 19.0 Å². The highest BCUT2D eigenvalue weighted by Crippen LogP contribution is 2.30. The summed E-state index contributed by atoms with van der Waals surface area (Å²) in [7, 11) is 1.38. The van der Waals surface area contributed by atoms with Crippen LogP contribution in [-0.4, -0.2) is 37.7 Å². The minimum atomic E-state index is -4.51. The highest BCUT2D eigenvalue weighted by Gasteiger charge is 2.30. The number of fused-ring (bicyclic) bond motifs is 1. The lowest BCUT2D eigenvalue weighted by Gasteiger charge is -2.11. The highest BCUT2D eigenvalue weighted by molar-refractivity contribution is 6.07. The van der Waals surface area contributed by atoms with E-state index in [9.17, 15) is 22.8 Å². The number of aromatic nitrogens is 4. The van der Waals surface area contributed by atoms with Crippen LogP contribution in [0.2, 0.25) is 0 Å². The number of halogens is 3. The standard InChI is InChI=1S/C18H18F3N5O3/c1-10(2)29-11-4-5-12-14(8-11)26(9-18(19,20)21)24-16(12)22-17(28)13-6-7-15(27)25(3)23-13/h4-8,10H,9H2,1-3H3,(H,22,24,28). The van der Waals surface area contributed by atoms with E-state index in [1.807, 2.05) is 0 Å². The smallest absolute Gasteiger partial charge is 0.408 e. The summed E-state index contributed by atoms with van der Waals surface area (Å²) in [6.45, 7) is 2.26. The van der Waals surface area contributed by atoms with Crippen molar-refractivity contribution in [2.45, 2.75) is 32.7 Å². The van der Waals surface area contributed by atoms with Gasteiger partial charge in [-0.05, 0) is 32.0 Å². The first-order valence-electron chi connectivity index (χ1n) is 8.63. The molecule has 0 bridgehead atoms. The third kappa shape index (κ3) is 4.73. The fourth-order valence-corrected chi connectivity index (χ4v) is 2.68. The molecule has 29 heavy (non-hydrogen) atoms. The largest absolute Gasteiger partial charge is 0.491 e.